The molecule has 1 aromatic carbocycles. The summed E-state index contributed by atoms with van der Waals surface area (Å²) in [6.45, 7) is 0. The van der Waals surface area contributed by atoms with E-state index in [4.69, 9.17) is 11.5 Å². The molecule has 0 radical (unpaired) electrons. The predicted molar refractivity (Wildman–Crippen MR) is 58.9 cm³/mol. The zero-order valence-electron chi connectivity index (χ0n) is 8.10. The zero-order chi connectivity index (χ0) is 10.8. The van der Waals surface area contributed by atoms with Gasteiger partial charge in [0.25, 0.3) is 5.91 Å². The summed E-state index contributed by atoms with van der Waals surface area (Å²) in [5.74, 6) is -0.578. The molecule has 1 aliphatic rings. The van der Waals surface area contributed by atoms with Crippen LogP contribution in [0.4, 0.5) is 0 Å². The van der Waals surface area contributed by atoms with Crippen LogP contribution >= 0.6 is 0 Å². The summed E-state index contributed by atoms with van der Waals surface area (Å²) in [6.07, 6.45) is 2.61. The highest BCUT2D eigenvalue weighted by Gasteiger charge is 2.18. The number of rotatable bonds is 1. The van der Waals surface area contributed by atoms with Gasteiger partial charge in [-0.1, -0.05) is 30.3 Å². The molecule has 1 amide bonds. The van der Waals surface area contributed by atoms with Gasteiger partial charge < -0.3 is 11.5 Å². The van der Waals surface area contributed by atoms with Crippen LogP contribution in [0, 0.1) is 0 Å². The fourth-order valence-corrected chi connectivity index (χ4v) is 1.66. The van der Waals surface area contributed by atoms with E-state index in [-0.39, 0.29) is 11.9 Å². The number of benzene rings is 1. The first-order valence-electron chi connectivity index (χ1n) is 4.61. The van der Waals surface area contributed by atoms with Gasteiger partial charge in [-0.15, -0.1) is 0 Å². The third-order valence-corrected chi connectivity index (χ3v) is 2.29. The minimum atomic E-state index is -0.375. The van der Waals surface area contributed by atoms with Crippen molar-refractivity contribution in [2.75, 3.05) is 0 Å². The van der Waals surface area contributed by atoms with Crippen molar-refractivity contribution < 1.29 is 4.79 Å². The highest BCUT2D eigenvalue weighted by atomic mass is 16.1. The van der Waals surface area contributed by atoms with Crippen LogP contribution in [-0.2, 0) is 11.2 Å². The van der Waals surface area contributed by atoms with Crippen LogP contribution in [-0.4, -0.2) is 11.9 Å². The van der Waals surface area contributed by atoms with Gasteiger partial charge in [0.05, 0.1) is 0 Å². The number of carbonyl (C=O) groups excluding carboxylic acids is 1. The van der Waals surface area contributed by atoms with Gasteiger partial charge in [0.2, 0.25) is 0 Å². The number of hydrogen-bond donors (Lipinski definition) is 2. The number of carbonyl (C=O) groups is 1. The molecule has 0 spiro atoms. The lowest BCUT2D eigenvalue weighted by atomic mass is 10.1. The van der Waals surface area contributed by atoms with Crippen molar-refractivity contribution in [1.82, 2.24) is 0 Å². The summed E-state index contributed by atoms with van der Waals surface area (Å²) in [7, 11) is 0. The Morgan fingerprint density at radius 2 is 2.00 bits per heavy atom. The van der Waals surface area contributed by atoms with E-state index in [1.54, 1.807) is 0 Å². The van der Waals surface area contributed by atoms with Gasteiger partial charge in [-0.3, -0.25) is 4.79 Å². The van der Waals surface area contributed by atoms with Crippen LogP contribution < -0.4 is 11.5 Å². The molecule has 1 aromatic rings. The van der Waals surface area contributed by atoms with Gasteiger partial charge >= 0.3 is 0 Å². The molecular weight excluding hydrogens is 190 g/mol. The first-order valence-corrected chi connectivity index (χ1v) is 4.61. The molecule has 0 bridgehead atoms. The maximum absolute atomic E-state index is 11.6. The van der Waals surface area contributed by atoms with E-state index in [0.29, 0.717) is 5.57 Å². The van der Waals surface area contributed by atoms with E-state index in [0.717, 1.165) is 17.5 Å². The van der Waals surface area contributed by atoms with Crippen LogP contribution in [0.25, 0.3) is 5.57 Å². The lowest BCUT2D eigenvalue weighted by Crippen LogP contribution is -2.24. The highest BCUT2D eigenvalue weighted by Crippen LogP contribution is 2.27. The van der Waals surface area contributed by atoms with Crippen molar-refractivity contribution >= 4 is 17.4 Å². The molecule has 4 N–H and O–H groups in total. The Morgan fingerprint density at radius 3 is 2.73 bits per heavy atom. The second kappa shape index (κ2) is 3.57. The molecule has 76 valence electrons. The Morgan fingerprint density at radius 1 is 1.27 bits per heavy atom. The SMILES string of the molecule is NC(N)=NC(=O)C1=CCc2ccccc21. The molecule has 0 aromatic heterocycles. The number of amides is 1. The summed E-state index contributed by atoms with van der Waals surface area (Å²) in [4.78, 5) is 15.1. The van der Waals surface area contributed by atoms with Gasteiger partial charge in [0.15, 0.2) is 5.96 Å². The third-order valence-electron chi connectivity index (χ3n) is 2.29. The van der Waals surface area contributed by atoms with Crippen molar-refractivity contribution in [2.24, 2.45) is 16.5 Å². The molecule has 4 heteroatoms. The van der Waals surface area contributed by atoms with E-state index in [1.807, 2.05) is 30.3 Å². The van der Waals surface area contributed by atoms with Crippen molar-refractivity contribution in [3.63, 3.8) is 0 Å². The van der Waals surface area contributed by atoms with Gasteiger partial charge in [-0.2, -0.15) is 4.99 Å². The normalized spacial score (nSPS) is 12.9. The number of hydrogen-bond acceptors (Lipinski definition) is 1. The van der Waals surface area contributed by atoms with Crippen LogP contribution in [0.2, 0.25) is 0 Å². The second-order valence-electron chi connectivity index (χ2n) is 3.32. The summed E-state index contributed by atoms with van der Waals surface area (Å²) in [6, 6.07) is 7.72. The highest BCUT2D eigenvalue weighted by molar-refractivity contribution is 6.23. The lowest BCUT2D eigenvalue weighted by Gasteiger charge is -2.01. The Kier molecular flexibility index (Phi) is 2.25. The number of aliphatic imine (C=N–C) groups is 1. The summed E-state index contributed by atoms with van der Waals surface area (Å²) in [5, 5.41) is 0. The molecule has 0 unspecified atom stereocenters. The zero-order valence-corrected chi connectivity index (χ0v) is 8.10. The second-order valence-corrected chi connectivity index (χ2v) is 3.32. The molecule has 4 nitrogen and oxygen atoms in total. The van der Waals surface area contributed by atoms with Crippen LogP contribution in [0.1, 0.15) is 11.1 Å². The van der Waals surface area contributed by atoms with Crippen molar-refractivity contribution in [1.29, 1.82) is 0 Å². The summed E-state index contributed by atoms with van der Waals surface area (Å²) in [5.41, 5.74) is 13.0. The van der Waals surface area contributed by atoms with Crippen molar-refractivity contribution in [3.8, 4) is 0 Å². The molecular formula is C11H11N3O. The minimum Gasteiger partial charge on any atom is -0.370 e. The van der Waals surface area contributed by atoms with Crippen LogP contribution in [0.15, 0.2) is 35.3 Å². The fourth-order valence-electron chi connectivity index (χ4n) is 1.66. The topological polar surface area (TPSA) is 81.5 Å². The lowest BCUT2D eigenvalue weighted by molar-refractivity contribution is -0.112. The van der Waals surface area contributed by atoms with Crippen molar-refractivity contribution in [2.45, 2.75) is 6.42 Å². The van der Waals surface area contributed by atoms with E-state index in [1.165, 1.54) is 0 Å². The first kappa shape index (κ1) is 9.45. The number of allylic oxidation sites excluding steroid dienone is 1. The molecule has 0 aliphatic heterocycles. The van der Waals surface area contributed by atoms with Crippen LogP contribution in [0.3, 0.4) is 0 Å². The summed E-state index contributed by atoms with van der Waals surface area (Å²) < 4.78 is 0. The maximum atomic E-state index is 11.6. The molecule has 0 fully saturated rings. The molecule has 1 aliphatic carbocycles. The standard InChI is InChI=1S/C11H11N3O/c12-11(13)14-10(15)9-6-5-7-3-1-2-4-8(7)9/h1-4,6H,5H2,(H4,12,13,14,15). The average molecular weight is 201 g/mol. The van der Waals surface area contributed by atoms with E-state index < -0.39 is 0 Å². The summed E-state index contributed by atoms with van der Waals surface area (Å²) >= 11 is 0. The first-order chi connectivity index (χ1) is 7.18. The Bertz CT molecular complexity index is 470. The average Bonchev–Trinajstić information content (AvgIpc) is 2.59. The molecule has 0 saturated heterocycles. The molecule has 2 rings (SSSR count). The largest absolute Gasteiger partial charge is 0.370 e. The van der Waals surface area contributed by atoms with Gasteiger partial charge in [0, 0.05) is 5.57 Å². The van der Waals surface area contributed by atoms with Gasteiger partial charge in [-0.05, 0) is 17.5 Å². The van der Waals surface area contributed by atoms with Gasteiger partial charge in [0.1, 0.15) is 0 Å². The molecule has 0 saturated carbocycles. The predicted octanol–water partition coefficient (Wildman–Crippen LogP) is 0.426. The Labute approximate surface area is 87.3 Å². The molecule has 0 atom stereocenters. The van der Waals surface area contributed by atoms with E-state index >= 15 is 0 Å². The van der Waals surface area contributed by atoms with Crippen LogP contribution in [0.5, 0.6) is 0 Å². The smallest absolute Gasteiger partial charge is 0.280 e. The molecule has 15 heavy (non-hydrogen) atoms. The van der Waals surface area contributed by atoms with Gasteiger partial charge in [-0.25, -0.2) is 0 Å². The number of nitrogens with zero attached hydrogens (tertiary/aromatic N) is 1. The Hall–Kier alpha value is -2.10. The van der Waals surface area contributed by atoms with Crippen molar-refractivity contribution in [3.05, 3.63) is 41.5 Å². The third kappa shape index (κ3) is 1.74. The van der Waals surface area contributed by atoms with E-state index in [9.17, 15) is 4.79 Å². The quantitative estimate of drug-likeness (QED) is 0.510. The number of nitrogens with two attached hydrogens (primary N) is 2. The fraction of sp³-hybridized carbons (Fsp3) is 0.0909. The number of guanidine groups is 1. The Balaban J connectivity index is 2.35. The molecule has 0 heterocycles. The maximum Gasteiger partial charge on any atom is 0.280 e. The number of fused-ring (bicyclic) bond motifs is 1. The minimum absolute atomic E-state index is 0.203. The monoisotopic (exact) mass is 201 g/mol. The van der Waals surface area contributed by atoms with E-state index in [2.05, 4.69) is 4.99 Å².